The molecule has 0 spiro atoms. The van der Waals surface area contributed by atoms with Crippen LogP contribution in [-0.2, 0) is 0 Å². The third-order valence-electron chi connectivity index (χ3n) is 1.05. The van der Waals surface area contributed by atoms with Crippen molar-refractivity contribution >= 4 is 6.08 Å². The molecule has 1 heterocycles. The highest BCUT2D eigenvalue weighted by atomic mass is 16.5. The van der Waals surface area contributed by atoms with Crippen LogP contribution in [0.1, 0.15) is 32.7 Å². The molecule has 13 heavy (non-hydrogen) atoms. The summed E-state index contributed by atoms with van der Waals surface area (Å²) in [5.41, 5.74) is 0.831. The van der Waals surface area contributed by atoms with E-state index in [9.17, 15) is 0 Å². The van der Waals surface area contributed by atoms with E-state index in [1.807, 2.05) is 39.0 Å². The topological polar surface area (TPSA) is 26.0 Å². The normalized spacial score (nSPS) is 8.54. The van der Waals surface area contributed by atoms with Gasteiger partial charge in [-0.1, -0.05) is 45.2 Å². The molecule has 74 valence electrons. The Morgan fingerprint density at radius 2 is 2.08 bits per heavy atom. The summed E-state index contributed by atoms with van der Waals surface area (Å²) in [5, 5.41) is 3.74. The first kappa shape index (κ1) is 14.2. The summed E-state index contributed by atoms with van der Waals surface area (Å²) >= 11 is 0. The molecule has 1 aromatic heterocycles. The van der Waals surface area contributed by atoms with Crippen molar-refractivity contribution in [2.75, 3.05) is 0 Å². The van der Waals surface area contributed by atoms with Crippen molar-refractivity contribution in [3.8, 4) is 0 Å². The average Bonchev–Trinajstić information content (AvgIpc) is 2.51. The van der Waals surface area contributed by atoms with Crippen molar-refractivity contribution < 1.29 is 4.52 Å². The highest BCUT2D eigenvalue weighted by molar-refractivity contribution is 5.45. The summed E-state index contributed by atoms with van der Waals surface area (Å²) in [6, 6.07) is 1.86. The van der Waals surface area contributed by atoms with E-state index in [2.05, 4.69) is 11.7 Å². The lowest BCUT2D eigenvalue weighted by Crippen LogP contribution is -1.64. The maximum atomic E-state index is 4.83. The molecule has 0 amide bonds. The standard InChI is InChI=1S/C8H9NO.C2H6.CH4/c1-3-4-5-8-6-7(2)10-9-8;1-2;/h3-6H,1H2,2H3;1-2H3;1H4/b5-4+;;. The first-order valence-corrected chi connectivity index (χ1v) is 4.05. The zero-order chi connectivity index (χ0) is 9.40. The molecule has 1 rings (SSSR count). The maximum absolute atomic E-state index is 4.83. The molecule has 0 aromatic carbocycles. The van der Waals surface area contributed by atoms with Gasteiger partial charge in [-0.25, -0.2) is 0 Å². The molecule has 0 saturated carbocycles. The Labute approximate surface area is 80.9 Å². The van der Waals surface area contributed by atoms with Crippen LogP contribution in [0.15, 0.2) is 29.3 Å². The third kappa shape index (κ3) is 5.91. The van der Waals surface area contributed by atoms with Crippen LogP contribution in [-0.4, -0.2) is 5.16 Å². The Kier molecular flexibility index (Phi) is 9.61. The van der Waals surface area contributed by atoms with E-state index in [1.54, 1.807) is 6.08 Å². The lowest BCUT2D eigenvalue weighted by atomic mass is 10.3. The van der Waals surface area contributed by atoms with Crippen molar-refractivity contribution in [3.63, 3.8) is 0 Å². The molecule has 0 aliphatic rings. The zero-order valence-electron chi connectivity index (χ0n) is 7.87. The van der Waals surface area contributed by atoms with Gasteiger partial charge in [0.1, 0.15) is 11.5 Å². The first-order valence-electron chi connectivity index (χ1n) is 4.05. The predicted octanol–water partition coefficient (Wildman–Crippen LogP) is 3.84. The average molecular weight is 181 g/mol. The fourth-order valence-corrected chi connectivity index (χ4v) is 0.631. The first-order chi connectivity index (χ1) is 5.83. The van der Waals surface area contributed by atoms with E-state index in [1.165, 1.54) is 0 Å². The van der Waals surface area contributed by atoms with Crippen molar-refractivity contribution in [3.05, 3.63) is 36.3 Å². The smallest absolute Gasteiger partial charge is 0.134 e. The molecule has 0 saturated heterocycles. The quantitative estimate of drug-likeness (QED) is 0.648. The molecule has 0 bridgehead atoms. The maximum Gasteiger partial charge on any atom is 0.134 e. The minimum absolute atomic E-state index is 0. The van der Waals surface area contributed by atoms with Gasteiger partial charge in [-0.3, -0.25) is 0 Å². The van der Waals surface area contributed by atoms with Gasteiger partial charge in [0.15, 0.2) is 0 Å². The molecule has 2 heteroatoms. The van der Waals surface area contributed by atoms with Gasteiger partial charge >= 0.3 is 0 Å². The Hall–Kier alpha value is -1.31. The molecular weight excluding hydrogens is 162 g/mol. The molecule has 0 aliphatic heterocycles. The van der Waals surface area contributed by atoms with Crippen molar-refractivity contribution in [2.24, 2.45) is 0 Å². The van der Waals surface area contributed by atoms with Gasteiger partial charge in [0.05, 0.1) is 0 Å². The van der Waals surface area contributed by atoms with Crippen LogP contribution in [0.3, 0.4) is 0 Å². The number of allylic oxidation sites excluding steroid dienone is 2. The molecule has 0 radical (unpaired) electrons. The van der Waals surface area contributed by atoms with E-state index in [-0.39, 0.29) is 7.43 Å². The Morgan fingerprint density at radius 1 is 1.46 bits per heavy atom. The van der Waals surface area contributed by atoms with Gasteiger partial charge in [-0.05, 0) is 13.0 Å². The lowest BCUT2D eigenvalue weighted by Gasteiger charge is -1.73. The molecule has 2 nitrogen and oxygen atoms in total. The number of hydrogen-bond acceptors (Lipinski definition) is 2. The monoisotopic (exact) mass is 181 g/mol. The second-order valence-corrected chi connectivity index (χ2v) is 1.96. The largest absolute Gasteiger partial charge is 0.361 e. The molecule has 0 fully saturated rings. The van der Waals surface area contributed by atoms with Gasteiger partial charge in [-0.15, -0.1) is 0 Å². The number of hydrogen-bond donors (Lipinski definition) is 0. The summed E-state index contributed by atoms with van der Waals surface area (Å²) in [4.78, 5) is 0. The van der Waals surface area contributed by atoms with E-state index >= 15 is 0 Å². The van der Waals surface area contributed by atoms with Gasteiger partial charge < -0.3 is 4.52 Å². The SMILES string of the molecule is C.C=C/C=C/c1cc(C)on1.CC. The second-order valence-electron chi connectivity index (χ2n) is 1.96. The van der Waals surface area contributed by atoms with E-state index in [0.717, 1.165) is 11.5 Å². The highest BCUT2D eigenvalue weighted by Gasteiger charge is 1.92. The van der Waals surface area contributed by atoms with E-state index < -0.39 is 0 Å². The minimum Gasteiger partial charge on any atom is -0.361 e. The van der Waals surface area contributed by atoms with Crippen LogP contribution in [0, 0.1) is 6.92 Å². The molecule has 0 atom stereocenters. The molecule has 0 unspecified atom stereocenters. The summed E-state index contributed by atoms with van der Waals surface area (Å²) < 4.78 is 4.83. The van der Waals surface area contributed by atoms with Crippen molar-refractivity contribution in [1.82, 2.24) is 5.16 Å². The second kappa shape index (κ2) is 8.78. The summed E-state index contributed by atoms with van der Waals surface area (Å²) in [6.45, 7) is 9.40. The number of aryl methyl sites for hydroxylation is 1. The fourth-order valence-electron chi connectivity index (χ4n) is 0.631. The van der Waals surface area contributed by atoms with E-state index in [4.69, 9.17) is 4.52 Å². The van der Waals surface area contributed by atoms with Gasteiger partial charge in [0.2, 0.25) is 0 Å². The lowest BCUT2D eigenvalue weighted by molar-refractivity contribution is 0.396. The predicted molar refractivity (Wildman–Crippen MR) is 58.6 cm³/mol. The van der Waals surface area contributed by atoms with Gasteiger partial charge in [-0.2, -0.15) is 0 Å². The van der Waals surface area contributed by atoms with Crippen LogP contribution < -0.4 is 0 Å². The van der Waals surface area contributed by atoms with Crippen LogP contribution in [0.25, 0.3) is 6.08 Å². The Bertz CT molecular complexity index is 248. The summed E-state index contributed by atoms with van der Waals surface area (Å²) in [6.07, 6.45) is 5.35. The Balaban J connectivity index is 0. The number of nitrogens with zero attached hydrogens (tertiary/aromatic N) is 1. The summed E-state index contributed by atoms with van der Waals surface area (Å²) in [7, 11) is 0. The molecule has 0 aliphatic carbocycles. The number of aromatic nitrogens is 1. The molecular formula is C11H19NO. The van der Waals surface area contributed by atoms with Crippen molar-refractivity contribution in [2.45, 2.75) is 28.2 Å². The fraction of sp³-hybridized carbons (Fsp3) is 0.364. The van der Waals surface area contributed by atoms with Gasteiger partial charge in [0.25, 0.3) is 0 Å². The number of rotatable bonds is 2. The third-order valence-corrected chi connectivity index (χ3v) is 1.05. The van der Waals surface area contributed by atoms with Gasteiger partial charge in [0, 0.05) is 6.07 Å². The highest BCUT2D eigenvalue weighted by Crippen LogP contribution is 2.02. The molecule has 0 N–H and O–H groups in total. The zero-order valence-corrected chi connectivity index (χ0v) is 7.87. The minimum atomic E-state index is 0. The van der Waals surface area contributed by atoms with Crippen molar-refractivity contribution in [1.29, 1.82) is 0 Å². The van der Waals surface area contributed by atoms with E-state index in [0.29, 0.717) is 0 Å². The van der Waals surface area contributed by atoms with Crippen LogP contribution in [0.2, 0.25) is 0 Å². The summed E-state index contributed by atoms with van der Waals surface area (Å²) in [5.74, 6) is 0.823. The van der Waals surface area contributed by atoms with Crippen LogP contribution in [0.4, 0.5) is 0 Å². The molecule has 1 aromatic rings. The Morgan fingerprint density at radius 3 is 2.46 bits per heavy atom. The van der Waals surface area contributed by atoms with Crippen LogP contribution in [0.5, 0.6) is 0 Å². The van der Waals surface area contributed by atoms with Crippen LogP contribution >= 0.6 is 0 Å².